The zero-order valence-corrected chi connectivity index (χ0v) is 10.5. The second-order valence-corrected chi connectivity index (χ2v) is 5.81. The molecule has 0 amide bonds. The average molecular weight is 226 g/mol. The molecule has 2 aliphatic rings. The van der Waals surface area contributed by atoms with Crippen LogP contribution in [0.5, 0.6) is 0 Å². The highest BCUT2D eigenvalue weighted by molar-refractivity contribution is 4.77. The Labute approximate surface area is 99.4 Å². The number of hydrogen-bond donors (Lipinski definition) is 1. The van der Waals surface area contributed by atoms with Crippen molar-refractivity contribution >= 4 is 0 Å². The maximum atomic E-state index is 9.71. The summed E-state index contributed by atoms with van der Waals surface area (Å²) in [5.74, 6) is 1.36. The van der Waals surface area contributed by atoms with E-state index >= 15 is 0 Å². The van der Waals surface area contributed by atoms with Crippen LogP contribution in [0, 0.1) is 11.8 Å². The van der Waals surface area contributed by atoms with Crippen LogP contribution in [0.2, 0.25) is 0 Å². The summed E-state index contributed by atoms with van der Waals surface area (Å²) >= 11 is 0. The van der Waals surface area contributed by atoms with Gasteiger partial charge in [-0.15, -0.1) is 0 Å². The molecule has 2 heteroatoms. The number of ether oxygens (including phenoxy) is 1. The van der Waals surface area contributed by atoms with Gasteiger partial charge in [-0.25, -0.2) is 0 Å². The summed E-state index contributed by atoms with van der Waals surface area (Å²) in [6, 6.07) is 0. The minimum absolute atomic E-state index is 0.0473. The molecule has 2 saturated carbocycles. The average Bonchev–Trinajstić information content (AvgIpc) is 2.65. The molecule has 0 spiro atoms. The first-order valence-corrected chi connectivity index (χ1v) is 7.05. The Morgan fingerprint density at radius 3 is 2.62 bits per heavy atom. The molecule has 2 nitrogen and oxygen atoms in total. The normalized spacial score (nSPS) is 40.1. The van der Waals surface area contributed by atoms with Crippen molar-refractivity contribution in [2.75, 3.05) is 6.61 Å². The Kier molecular flexibility index (Phi) is 4.66. The molecule has 4 unspecified atom stereocenters. The molecule has 2 rings (SSSR count). The molecule has 1 N–H and O–H groups in total. The lowest BCUT2D eigenvalue weighted by Crippen LogP contribution is -2.23. The van der Waals surface area contributed by atoms with E-state index in [-0.39, 0.29) is 6.10 Å². The van der Waals surface area contributed by atoms with Gasteiger partial charge in [-0.3, -0.25) is 0 Å². The van der Waals surface area contributed by atoms with Crippen LogP contribution in [0.3, 0.4) is 0 Å². The van der Waals surface area contributed by atoms with Gasteiger partial charge in [-0.1, -0.05) is 26.2 Å². The van der Waals surface area contributed by atoms with E-state index in [1.54, 1.807) is 0 Å². The van der Waals surface area contributed by atoms with Crippen molar-refractivity contribution in [3.8, 4) is 0 Å². The molecule has 0 radical (unpaired) electrons. The van der Waals surface area contributed by atoms with Gasteiger partial charge in [0.1, 0.15) is 0 Å². The first-order chi connectivity index (χ1) is 7.75. The third kappa shape index (κ3) is 3.46. The molecule has 0 aromatic heterocycles. The maximum absolute atomic E-state index is 9.71. The second-order valence-electron chi connectivity index (χ2n) is 5.81. The van der Waals surface area contributed by atoms with E-state index in [4.69, 9.17) is 4.74 Å². The van der Waals surface area contributed by atoms with Crippen molar-refractivity contribution in [1.82, 2.24) is 0 Å². The minimum Gasteiger partial charge on any atom is -0.393 e. The first-order valence-electron chi connectivity index (χ1n) is 7.05. The zero-order chi connectivity index (χ0) is 11.4. The van der Waals surface area contributed by atoms with Gasteiger partial charge in [-0.2, -0.15) is 0 Å². The van der Waals surface area contributed by atoms with Crippen molar-refractivity contribution in [2.24, 2.45) is 11.8 Å². The molecular weight excluding hydrogens is 200 g/mol. The lowest BCUT2D eigenvalue weighted by atomic mass is 9.89. The third-order valence-corrected chi connectivity index (χ3v) is 4.35. The maximum Gasteiger partial charge on any atom is 0.0577 e. The molecule has 0 aromatic rings. The van der Waals surface area contributed by atoms with Gasteiger partial charge in [0.15, 0.2) is 0 Å². The van der Waals surface area contributed by atoms with Gasteiger partial charge in [0.25, 0.3) is 0 Å². The molecule has 2 aliphatic carbocycles. The molecule has 0 aromatic carbocycles. The van der Waals surface area contributed by atoms with Crippen LogP contribution in [0.25, 0.3) is 0 Å². The van der Waals surface area contributed by atoms with Crippen LogP contribution >= 0.6 is 0 Å². The van der Waals surface area contributed by atoms with Gasteiger partial charge in [-0.05, 0) is 43.9 Å². The van der Waals surface area contributed by atoms with Crippen LogP contribution in [-0.2, 0) is 4.74 Å². The molecule has 0 aliphatic heterocycles. The van der Waals surface area contributed by atoms with Crippen molar-refractivity contribution in [1.29, 1.82) is 0 Å². The molecular formula is C14H26O2. The molecule has 4 atom stereocenters. The SMILES string of the molecule is CC1CCCC(OCCC2CCCC2O)C1. The summed E-state index contributed by atoms with van der Waals surface area (Å²) in [5.41, 5.74) is 0. The van der Waals surface area contributed by atoms with E-state index < -0.39 is 0 Å². The molecule has 0 bridgehead atoms. The fourth-order valence-corrected chi connectivity index (χ4v) is 3.27. The Morgan fingerprint density at radius 1 is 1.12 bits per heavy atom. The summed E-state index contributed by atoms with van der Waals surface area (Å²) in [6.45, 7) is 3.19. The van der Waals surface area contributed by atoms with Gasteiger partial charge in [0.2, 0.25) is 0 Å². The largest absolute Gasteiger partial charge is 0.393 e. The van der Waals surface area contributed by atoms with E-state index in [1.165, 1.54) is 38.5 Å². The molecule has 16 heavy (non-hydrogen) atoms. The number of rotatable bonds is 4. The highest BCUT2D eigenvalue weighted by Gasteiger charge is 2.25. The Bertz CT molecular complexity index is 205. The topological polar surface area (TPSA) is 29.5 Å². The van der Waals surface area contributed by atoms with Crippen molar-refractivity contribution in [2.45, 2.75) is 70.5 Å². The van der Waals surface area contributed by atoms with Crippen LogP contribution in [-0.4, -0.2) is 23.9 Å². The van der Waals surface area contributed by atoms with Crippen molar-refractivity contribution in [3.63, 3.8) is 0 Å². The summed E-state index contributed by atoms with van der Waals surface area (Å²) in [5, 5.41) is 9.71. The Hall–Kier alpha value is -0.0800. The number of aliphatic hydroxyl groups is 1. The first kappa shape index (κ1) is 12.4. The van der Waals surface area contributed by atoms with E-state index in [2.05, 4.69) is 6.92 Å². The fraction of sp³-hybridized carbons (Fsp3) is 1.00. The van der Waals surface area contributed by atoms with Crippen LogP contribution in [0.1, 0.15) is 58.3 Å². The van der Waals surface area contributed by atoms with Crippen molar-refractivity contribution < 1.29 is 9.84 Å². The van der Waals surface area contributed by atoms with E-state index in [1.807, 2.05) is 0 Å². The number of hydrogen-bond acceptors (Lipinski definition) is 2. The van der Waals surface area contributed by atoms with E-state index in [9.17, 15) is 5.11 Å². The van der Waals surface area contributed by atoms with Gasteiger partial charge in [0, 0.05) is 6.61 Å². The fourth-order valence-electron chi connectivity index (χ4n) is 3.27. The molecule has 0 saturated heterocycles. The van der Waals surface area contributed by atoms with Crippen molar-refractivity contribution in [3.05, 3.63) is 0 Å². The van der Waals surface area contributed by atoms with Crippen LogP contribution in [0.15, 0.2) is 0 Å². The van der Waals surface area contributed by atoms with Crippen LogP contribution in [0.4, 0.5) is 0 Å². The van der Waals surface area contributed by atoms with Crippen LogP contribution < -0.4 is 0 Å². The summed E-state index contributed by atoms with van der Waals surface area (Å²) in [6.07, 6.45) is 10.1. The second kappa shape index (κ2) is 6.02. The van der Waals surface area contributed by atoms with Gasteiger partial charge >= 0.3 is 0 Å². The molecule has 2 fully saturated rings. The van der Waals surface area contributed by atoms with E-state index in [0.717, 1.165) is 25.4 Å². The minimum atomic E-state index is -0.0473. The number of aliphatic hydroxyl groups excluding tert-OH is 1. The quantitative estimate of drug-likeness (QED) is 0.798. The summed E-state index contributed by atoms with van der Waals surface area (Å²) in [4.78, 5) is 0. The standard InChI is InChI=1S/C14H26O2/c1-11-4-2-6-13(10-11)16-9-8-12-5-3-7-14(12)15/h11-15H,2-10H2,1H3. The lowest BCUT2D eigenvalue weighted by molar-refractivity contribution is 0.00173. The summed E-state index contributed by atoms with van der Waals surface area (Å²) in [7, 11) is 0. The smallest absolute Gasteiger partial charge is 0.0577 e. The Morgan fingerprint density at radius 2 is 1.94 bits per heavy atom. The monoisotopic (exact) mass is 226 g/mol. The zero-order valence-electron chi connectivity index (χ0n) is 10.5. The Balaban J connectivity index is 1.60. The highest BCUT2D eigenvalue weighted by atomic mass is 16.5. The summed E-state index contributed by atoms with van der Waals surface area (Å²) < 4.78 is 5.95. The molecule has 0 heterocycles. The van der Waals surface area contributed by atoms with Gasteiger partial charge in [0.05, 0.1) is 12.2 Å². The third-order valence-electron chi connectivity index (χ3n) is 4.35. The van der Waals surface area contributed by atoms with E-state index in [0.29, 0.717) is 12.0 Å². The molecule has 94 valence electrons. The lowest BCUT2D eigenvalue weighted by Gasteiger charge is -2.27. The predicted molar refractivity (Wildman–Crippen MR) is 65.3 cm³/mol. The highest BCUT2D eigenvalue weighted by Crippen LogP contribution is 2.29. The predicted octanol–water partition coefficient (Wildman–Crippen LogP) is 3.13. The van der Waals surface area contributed by atoms with Gasteiger partial charge < -0.3 is 9.84 Å².